The van der Waals surface area contributed by atoms with E-state index in [1.807, 2.05) is 0 Å². The largest absolute Gasteiger partial charge is 0.247 e. The Morgan fingerprint density at radius 3 is 3.00 bits per heavy atom. The van der Waals surface area contributed by atoms with Gasteiger partial charge in [0, 0.05) is 0 Å². The summed E-state index contributed by atoms with van der Waals surface area (Å²) >= 11 is 0. The number of H-pyrrole nitrogens is 1. The Morgan fingerprint density at radius 1 is 1.62 bits per heavy atom. The third-order valence-electron chi connectivity index (χ3n) is 0.582. The maximum atomic E-state index is 3.59. The van der Waals surface area contributed by atoms with Crippen molar-refractivity contribution in [2.75, 3.05) is 0 Å². The lowest BCUT2D eigenvalue weighted by Crippen LogP contribution is -1.74. The molecule has 0 saturated carbocycles. The summed E-state index contributed by atoms with van der Waals surface area (Å²) < 4.78 is 0. The molecule has 40 valence electrons. The summed E-state index contributed by atoms with van der Waals surface area (Å²) in [6.07, 6.45) is 0. The van der Waals surface area contributed by atoms with Crippen molar-refractivity contribution in [1.82, 2.24) is 20.6 Å². The molecule has 0 aliphatic heterocycles. The highest BCUT2D eigenvalue weighted by Gasteiger charge is 1.84. The van der Waals surface area contributed by atoms with E-state index >= 15 is 0 Å². The van der Waals surface area contributed by atoms with E-state index < -0.39 is 0 Å². The summed E-state index contributed by atoms with van der Waals surface area (Å²) in [6, 6.07) is 0. The van der Waals surface area contributed by atoms with Gasteiger partial charge in [-0.05, 0) is 18.1 Å². The number of aromatic nitrogens is 4. The molecule has 4 heteroatoms. The summed E-state index contributed by atoms with van der Waals surface area (Å²) in [5.74, 6) is 5.69. The Kier molecular flexibility index (Phi) is 1.24. The molecule has 0 amide bonds. The molecule has 0 aromatic carbocycles. The molecule has 0 saturated heterocycles. The zero-order valence-corrected chi connectivity index (χ0v) is 4.34. The minimum absolute atomic E-state index is 0.438. The Labute approximate surface area is 46.3 Å². The Balaban J connectivity index is 2.88. The van der Waals surface area contributed by atoms with Gasteiger partial charge in [0.2, 0.25) is 5.82 Å². The molecule has 0 aliphatic rings. The molecule has 0 spiro atoms. The van der Waals surface area contributed by atoms with Crippen LogP contribution in [0.3, 0.4) is 0 Å². The first-order valence-corrected chi connectivity index (χ1v) is 2.09. The molecule has 1 aromatic heterocycles. The van der Waals surface area contributed by atoms with Crippen molar-refractivity contribution in [3.8, 4) is 11.8 Å². The van der Waals surface area contributed by atoms with Gasteiger partial charge in [-0.1, -0.05) is 11.0 Å². The van der Waals surface area contributed by atoms with Crippen molar-refractivity contribution in [2.45, 2.75) is 6.92 Å². The van der Waals surface area contributed by atoms with Gasteiger partial charge in [-0.25, -0.2) is 0 Å². The van der Waals surface area contributed by atoms with E-state index in [1.165, 1.54) is 0 Å². The number of tetrazole rings is 1. The number of hydrogen-bond donors (Lipinski definition) is 1. The molecule has 8 heavy (non-hydrogen) atoms. The number of aromatic amines is 1. The first kappa shape index (κ1) is 4.78. The fourth-order valence-electron chi connectivity index (χ4n) is 0.327. The molecule has 0 atom stereocenters. The molecule has 1 heterocycles. The van der Waals surface area contributed by atoms with Crippen molar-refractivity contribution in [3.63, 3.8) is 0 Å². The van der Waals surface area contributed by atoms with Crippen LogP contribution in [0.15, 0.2) is 0 Å². The first-order chi connectivity index (χ1) is 3.93. The van der Waals surface area contributed by atoms with Gasteiger partial charge in [0.25, 0.3) is 0 Å². The third-order valence-corrected chi connectivity index (χ3v) is 0.582. The maximum absolute atomic E-state index is 3.59. The van der Waals surface area contributed by atoms with Crippen LogP contribution in [-0.4, -0.2) is 20.6 Å². The third kappa shape index (κ3) is 0.819. The standard InChI is InChI=1S/C4H4N4/c1-2-3-4-5-7-8-6-4/h1H3,(H,5,6,7,8). The normalized spacial score (nSPS) is 7.62. The van der Waals surface area contributed by atoms with Gasteiger partial charge in [-0.3, -0.25) is 0 Å². The van der Waals surface area contributed by atoms with E-state index in [9.17, 15) is 0 Å². The van der Waals surface area contributed by atoms with E-state index in [1.54, 1.807) is 6.92 Å². The van der Waals surface area contributed by atoms with Crippen molar-refractivity contribution < 1.29 is 0 Å². The van der Waals surface area contributed by atoms with Crippen LogP contribution in [0.5, 0.6) is 0 Å². The van der Waals surface area contributed by atoms with Crippen LogP contribution in [0.2, 0.25) is 0 Å². The summed E-state index contributed by atoms with van der Waals surface area (Å²) in [4.78, 5) is 0. The average molecular weight is 108 g/mol. The number of rotatable bonds is 0. The van der Waals surface area contributed by atoms with Crippen molar-refractivity contribution >= 4 is 0 Å². The second-order valence-electron chi connectivity index (χ2n) is 1.11. The molecule has 0 fully saturated rings. The number of nitrogens with one attached hydrogen (secondary N) is 1. The lowest BCUT2D eigenvalue weighted by molar-refractivity contribution is 0.881. The van der Waals surface area contributed by atoms with Gasteiger partial charge in [0.15, 0.2) is 0 Å². The summed E-state index contributed by atoms with van der Waals surface area (Å²) in [5.41, 5.74) is 0. The Hall–Kier alpha value is -1.37. The second-order valence-corrected chi connectivity index (χ2v) is 1.11. The molecule has 1 N–H and O–H groups in total. The molecule has 1 rings (SSSR count). The van der Waals surface area contributed by atoms with Gasteiger partial charge < -0.3 is 0 Å². The number of hydrogen-bond acceptors (Lipinski definition) is 3. The van der Waals surface area contributed by atoms with Crippen LogP contribution in [-0.2, 0) is 0 Å². The minimum Gasteiger partial charge on any atom is -0.176 e. The summed E-state index contributed by atoms with van der Waals surface area (Å²) in [6.45, 7) is 1.72. The molecular formula is C4H4N4. The highest BCUT2D eigenvalue weighted by molar-refractivity contribution is 5.15. The predicted molar refractivity (Wildman–Crippen MR) is 26.7 cm³/mol. The van der Waals surface area contributed by atoms with E-state index in [-0.39, 0.29) is 0 Å². The van der Waals surface area contributed by atoms with E-state index in [0.29, 0.717) is 5.82 Å². The lowest BCUT2D eigenvalue weighted by atomic mass is 10.6. The number of nitrogens with zero attached hydrogens (tertiary/aromatic N) is 3. The lowest BCUT2D eigenvalue weighted by Gasteiger charge is -1.63. The van der Waals surface area contributed by atoms with Crippen LogP contribution in [0, 0.1) is 11.8 Å². The molecule has 4 nitrogen and oxygen atoms in total. The van der Waals surface area contributed by atoms with Crippen LogP contribution < -0.4 is 0 Å². The molecule has 0 bridgehead atoms. The van der Waals surface area contributed by atoms with Crippen LogP contribution in [0.1, 0.15) is 12.7 Å². The maximum Gasteiger partial charge on any atom is 0.247 e. The van der Waals surface area contributed by atoms with Crippen molar-refractivity contribution in [1.29, 1.82) is 0 Å². The fraction of sp³-hybridized carbons (Fsp3) is 0.250. The fourth-order valence-corrected chi connectivity index (χ4v) is 0.327. The van der Waals surface area contributed by atoms with Gasteiger partial charge in [0.1, 0.15) is 0 Å². The summed E-state index contributed by atoms with van der Waals surface area (Å²) in [5, 5.41) is 12.8. The van der Waals surface area contributed by atoms with Gasteiger partial charge in [-0.15, -0.1) is 5.10 Å². The van der Waals surface area contributed by atoms with Crippen molar-refractivity contribution in [3.05, 3.63) is 5.82 Å². The zero-order valence-electron chi connectivity index (χ0n) is 4.34. The molecule has 1 aromatic rings. The topological polar surface area (TPSA) is 54.5 Å². The minimum atomic E-state index is 0.438. The summed E-state index contributed by atoms with van der Waals surface area (Å²) in [7, 11) is 0. The van der Waals surface area contributed by atoms with Crippen LogP contribution in [0.4, 0.5) is 0 Å². The SMILES string of the molecule is CC#Cc1nn[nH]n1. The smallest absolute Gasteiger partial charge is 0.176 e. The quantitative estimate of drug-likeness (QED) is 0.459. The predicted octanol–water partition coefficient (Wildman–Crippen LogP) is -0.429. The Morgan fingerprint density at radius 2 is 2.50 bits per heavy atom. The van der Waals surface area contributed by atoms with E-state index in [0.717, 1.165) is 0 Å². The van der Waals surface area contributed by atoms with E-state index in [4.69, 9.17) is 0 Å². The highest BCUT2D eigenvalue weighted by Crippen LogP contribution is 1.73. The average Bonchev–Trinajstić information content (AvgIpc) is 2.19. The molecule has 0 aliphatic carbocycles. The molecule has 0 unspecified atom stereocenters. The van der Waals surface area contributed by atoms with E-state index in [2.05, 4.69) is 32.5 Å². The van der Waals surface area contributed by atoms with Gasteiger partial charge in [-0.2, -0.15) is 5.21 Å². The second kappa shape index (κ2) is 2.07. The first-order valence-electron chi connectivity index (χ1n) is 2.09. The monoisotopic (exact) mass is 108 g/mol. The zero-order chi connectivity index (χ0) is 5.82. The Bertz CT molecular complexity index is 202. The molecule has 0 radical (unpaired) electrons. The highest BCUT2D eigenvalue weighted by atomic mass is 15.5. The van der Waals surface area contributed by atoms with Gasteiger partial charge >= 0.3 is 0 Å². The van der Waals surface area contributed by atoms with Crippen LogP contribution >= 0.6 is 0 Å². The van der Waals surface area contributed by atoms with Crippen LogP contribution in [0.25, 0.3) is 0 Å². The van der Waals surface area contributed by atoms with Gasteiger partial charge in [0.05, 0.1) is 0 Å². The van der Waals surface area contributed by atoms with Crippen molar-refractivity contribution in [2.24, 2.45) is 0 Å². The molecular weight excluding hydrogens is 104 g/mol.